The van der Waals surface area contributed by atoms with Gasteiger partial charge in [0.2, 0.25) is 5.91 Å². The van der Waals surface area contributed by atoms with Crippen LogP contribution in [0.5, 0.6) is 0 Å². The molecule has 120 valence electrons. The lowest BCUT2D eigenvalue weighted by Crippen LogP contribution is -2.48. The Morgan fingerprint density at radius 2 is 2.17 bits per heavy atom. The lowest BCUT2D eigenvalue weighted by atomic mass is 9.92. The van der Waals surface area contributed by atoms with Crippen molar-refractivity contribution in [1.29, 1.82) is 0 Å². The van der Waals surface area contributed by atoms with Crippen LogP contribution < -0.4 is 5.73 Å². The lowest BCUT2D eigenvalue weighted by Gasteiger charge is -2.37. The molecule has 1 aliphatic heterocycles. The highest BCUT2D eigenvalue weighted by molar-refractivity contribution is 5.95. The van der Waals surface area contributed by atoms with Gasteiger partial charge in [-0.25, -0.2) is 14.6 Å². The van der Waals surface area contributed by atoms with E-state index in [1.807, 2.05) is 6.92 Å². The van der Waals surface area contributed by atoms with Crippen LogP contribution in [0.2, 0.25) is 0 Å². The minimum absolute atomic E-state index is 0.0704. The molecule has 8 heteroatoms. The Morgan fingerprint density at radius 3 is 2.87 bits per heavy atom. The maximum atomic E-state index is 12.8. The van der Waals surface area contributed by atoms with Crippen LogP contribution in [-0.2, 0) is 4.79 Å². The predicted octanol–water partition coefficient (Wildman–Crippen LogP) is 0.388. The molecule has 2 amide bonds. The van der Waals surface area contributed by atoms with Gasteiger partial charge in [-0.2, -0.15) is 5.10 Å². The van der Waals surface area contributed by atoms with Crippen molar-refractivity contribution >= 4 is 11.8 Å². The summed E-state index contributed by atoms with van der Waals surface area (Å²) < 4.78 is 1.49. The number of rotatable bonds is 3. The molecule has 3 heterocycles. The van der Waals surface area contributed by atoms with Crippen LogP contribution in [0.25, 0.3) is 5.82 Å². The summed E-state index contributed by atoms with van der Waals surface area (Å²) in [4.78, 5) is 34.0. The first kappa shape index (κ1) is 15.1. The quantitative estimate of drug-likeness (QED) is 0.881. The van der Waals surface area contributed by atoms with E-state index in [0.29, 0.717) is 17.9 Å². The summed E-state index contributed by atoms with van der Waals surface area (Å²) in [5, 5.41) is 4.01. The molecule has 2 aromatic rings. The monoisotopic (exact) mass is 314 g/mol. The summed E-state index contributed by atoms with van der Waals surface area (Å²) in [6.07, 6.45) is 5.97. The third-order valence-corrected chi connectivity index (χ3v) is 4.19. The zero-order valence-electron chi connectivity index (χ0n) is 12.8. The number of likely N-dealkylation sites (tertiary alicyclic amines) is 1. The van der Waals surface area contributed by atoms with Crippen molar-refractivity contribution in [3.8, 4) is 5.82 Å². The number of hydrogen-bond acceptors (Lipinski definition) is 5. The van der Waals surface area contributed by atoms with Crippen molar-refractivity contribution in [3.63, 3.8) is 0 Å². The molecule has 0 bridgehead atoms. The van der Waals surface area contributed by atoms with Crippen LogP contribution in [0.1, 0.15) is 30.1 Å². The Hall–Kier alpha value is -2.77. The first-order valence-corrected chi connectivity index (χ1v) is 7.47. The van der Waals surface area contributed by atoms with E-state index in [-0.39, 0.29) is 23.8 Å². The Labute approximate surface area is 133 Å². The van der Waals surface area contributed by atoms with E-state index in [4.69, 9.17) is 5.73 Å². The highest BCUT2D eigenvalue weighted by Crippen LogP contribution is 2.23. The van der Waals surface area contributed by atoms with E-state index in [9.17, 15) is 9.59 Å². The molecule has 0 aromatic carbocycles. The van der Waals surface area contributed by atoms with Gasteiger partial charge in [-0.15, -0.1) is 0 Å². The minimum atomic E-state index is -0.354. The van der Waals surface area contributed by atoms with E-state index >= 15 is 0 Å². The van der Waals surface area contributed by atoms with Crippen LogP contribution in [0.4, 0.5) is 0 Å². The minimum Gasteiger partial charge on any atom is -0.369 e. The number of primary amides is 1. The summed E-state index contributed by atoms with van der Waals surface area (Å²) in [5.74, 6) is -0.254. The number of carbonyl (C=O) groups excluding carboxylic acids is 2. The number of hydrogen-bond donors (Lipinski definition) is 1. The first-order chi connectivity index (χ1) is 11.1. The van der Waals surface area contributed by atoms with E-state index < -0.39 is 0 Å². The number of pyridine rings is 1. The number of piperidine rings is 1. The Balaban J connectivity index is 1.84. The van der Waals surface area contributed by atoms with Crippen molar-refractivity contribution in [2.24, 2.45) is 11.7 Å². The zero-order chi connectivity index (χ0) is 16.4. The molecule has 2 aromatic heterocycles. The summed E-state index contributed by atoms with van der Waals surface area (Å²) in [7, 11) is 0. The maximum absolute atomic E-state index is 12.8. The first-order valence-electron chi connectivity index (χ1n) is 7.47. The second-order valence-electron chi connectivity index (χ2n) is 5.73. The third kappa shape index (κ3) is 3.05. The van der Waals surface area contributed by atoms with Gasteiger partial charge >= 0.3 is 0 Å². The van der Waals surface area contributed by atoms with Gasteiger partial charge < -0.3 is 10.6 Å². The summed E-state index contributed by atoms with van der Waals surface area (Å²) in [6.45, 7) is 2.34. The molecule has 1 fully saturated rings. The predicted molar refractivity (Wildman–Crippen MR) is 81.6 cm³/mol. The van der Waals surface area contributed by atoms with E-state index in [1.165, 1.54) is 17.3 Å². The maximum Gasteiger partial charge on any atom is 0.254 e. The Kier molecular flexibility index (Phi) is 4.05. The van der Waals surface area contributed by atoms with Crippen molar-refractivity contribution < 1.29 is 9.59 Å². The van der Waals surface area contributed by atoms with E-state index in [0.717, 1.165) is 12.8 Å². The molecule has 2 atom stereocenters. The van der Waals surface area contributed by atoms with Gasteiger partial charge in [-0.05, 0) is 31.9 Å². The molecule has 0 radical (unpaired) electrons. The van der Waals surface area contributed by atoms with Gasteiger partial charge in [0.15, 0.2) is 5.82 Å². The number of nitrogens with zero attached hydrogens (tertiary/aromatic N) is 5. The van der Waals surface area contributed by atoms with Gasteiger partial charge in [0.25, 0.3) is 5.91 Å². The van der Waals surface area contributed by atoms with Gasteiger partial charge in [-0.3, -0.25) is 9.59 Å². The molecule has 1 aliphatic rings. The topological polar surface area (TPSA) is 107 Å². The molecule has 2 N–H and O–H groups in total. The molecule has 23 heavy (non-hydrogen) atoms. The van der Waals surface area contributed by atoms with Crippen molar-refractivity contribution in [2.75, 3.05) is 6.54 Å². The van der Waals surface area contributed by atoms with Crippen molar-refractivity contribution in [2.45, 2.75) is 25.8 Å². The number of carbonyl (C=O) groups is 2. The fourth-order valence-electron chi connectivity index (χ4n) is 2.79. The smallest absolute Gasteiger partial charge is 0.254 e. The molecular weight excluding hydrogens is 296 g/mol. The highest BCUT2D eigenvalue weighted by atomic mass is 16.2. The van der Waals surface area contributed by atoms with Crippen molar-refractivity contribution in [1.82, 2.24) is 24.6 Å². The summed E-state index contributed by atoms with van der Waals surface area (Å²) in [6, 6.07) is 3.39. The van der Waals surface area contributed by atoms with Gasteiger partial charge in [0, 0.05) is 24.3 Å². The zero-order valence-corrected chi connectivity index (χ0v) is 12.8. The fraction of sp³-hybridized carbons (Fsp3) is 0.400. The van der Waals surface area contributed by atoms with Crippen LogP contribution in [0.3, 0.4) is 0 Å². The lowest BCUT2D eigenvalue weighted by molar-refractivity contribution is -0.123. The molecular formula is C15H18N6O2. The largest absolute Gasteiger partial charge is 0.369 e. The van der Waals surface area contributed by atoms with E-state index in [1.54, 1.807) is 23.2 Å². The Morgan fingerprint density at radius 1 is 1.35 bits per heavy atom. The van der Waals surface area contributed by atoms with E-state index in [2.05, 4.69) is 15.1 Å². The SMILES string of the molecule is CC1CCC(C(N)=O)CN1C(=O)c1ccnc(-n2cncn2)c1. The van der Waals surface area contributed by atoms with Crippen molar-refractivity contribution in [3.05, 3.63) is 36.5 Å². The fourth-order valence-corrected chi connectivity index (χ4v) is 2.79. The molecule has 3 rings (SSSR count). The molecule has 2 unspecified atom stereocenters. The van der Waals surface area contributed by atoms with Crippen LogP contribution in [-0.4, -0.2) is 49.0 Å². The van der Waals surface area contributed by atoms with Gasteiger partial charge in [0.05, 0.1) is 5.92 Å². The molecule has 0 aliphatic carbocycles. The standard InChI is InChI=1S/C15H18N6O2/c1-10-2-3-12(14(16)22)7-20(10)15(23)11-4-5-18-13(6-11)21-9-17-8-19-21/h4-6,8-10,12H,2-3,7H2,1H3,(H2,16,22). The molecule has 1 saturated heterocycles. The van der Waals surface area contributed by atoms with Crippen LogP contribution >= 0.6 is 0 Å². The molecule has 0 spiro atoms. The average molecular weight is 314 g/mol. The normalized spacial score (nSPS) is 21.2. The van der Waals surface area contributed by atoms with Crippen LogP contribution in [0, 0.1) is 5.92 Å². The number of amides is 2. The summed E-state index contributed by atoms with van der Waals surface area (Å²) >= 11 is 0. The molecule has 0 saturated carbocycles. The number of nitrogens with two attached hydrogens (primary N) is 1. The average Bonchev–Trinajstić information content (AvgIpc) is 3.09. The Bertz CT molecular complexity index is 715. The van der Waals surface area contributed by atoms with Crippen LogP contribution in [0.15, 0.2) is 31.0 Å². The molecule has 8 nitrogen and oxygen atoms in total. The van der Waals surface area contributed by atoms with Gasteiger partial charge in [0.1, 0.15) is 12.7 Å². The van der Waals surface area contributed by atoms with Gasteiger partial charge in [-0.1, -0.05) is 0 Å². The number of aromatic nitrogens is 4. The second kappa shape index (κ2) is 6.15. The highest BCUT2D eigenvalue weighted by Gasteiger charge is 2.32. The summed E-state index contributed by atoms with van der Waals surface area (Å²) in [5.41, 5.74) is 5.90. The third-order valence-electron chi connectivity index (χ3n) is 4.19. The second-order valence-corrected chi connectivity index (χ2v) is 5.73.